The maximum atomic E-state index is 10.4. The van der Waals surface area contributed by atoms with Crippen LogP contribution in [0.3, 0.4) is 0 Å². The molecule has 14 heavy (non-hydrogen) atoms. The van der Waals surface area contributed by atoms with Gasteiger partial charge in [0.2, 0.25) is 6.41 Å². The van der Waals surface area contributed by atoms with Crippen LogP contribution in [0.4, 0.5) is 5.69 Å². The molecule has 1 amide bonds. The lowest BCUT2D eigenvalue weighted by Crippen LogP contribution is -2.11. The van der Waals surface area contributed by atoms with Crippen LogP contribution in [0.2, 0.25) is 0 Å². The first-order chi connectivity index (χ1) is 6.45. The molecular formula is C11H14BrNO. The third-order valence-electron chi connectivity index (χ3n) is 2.05. The van der Waals surface area contributed by atoms with Gasteiger partial charge in [0.1, 0.15) is 0 Å². The van der Waals surface area contributed by atoms with Crippen LogP contribution in [0.5, 0.6) is 0 Å². The van der Waals surface area contributed by atoms with E-state index < -0.39 is 0 Å². The van der Waals surface area contributed by atoms with Gasteiger partial charge in [0.15, 0.2) is 0 Å². The third kappa shape index (κ3) is 2.58. The average Bonchev–Trinajstić information content (AvgIpc) is 2.07. The van der Waals surface area contributed by atoms with Crippen molar-refractivity contribution in [1.82, 2.24) is 0 Å². The fourth-order valence-corrected chi connectivity index (χ4v) is 1.53. The van der Waals surface area contributed by atoms with Gasteiger partial charge in [0.05, 0.1) is 5.69 Å². The predicted octanol–water partition coefficient (Wildman–Crippen LogP) is 3.31. The van der Waals surface area contributed by atoms with Crippen molar-refractivity contribution in [3.63, 3.8) is 0 Å². The molecule has 76 valence electrons. The standard InChI is InChI=1S/C11H14BrNO/c1-11(2,3)8-4-5-9(12)10(6-8)13-7-14/h4-7H,1-3H3,(H,13,14). The molecule has 1 rings (SSSR count). The average molecular weight is 256 g/mol. The molecule has 0 aliphatic rings. The minimum atomic E-state index is 0.0972. The van der Waals surface area contributed by atoms with Gasteiger partial charge in [-0.1, -0.05) is 26.8 Å². The summed E-state index contributed by atoms with van der Waals surface area (Å²) in [6, 6.07) is 5.99. The van der Waals surface area contributed by atoms with Crippen LogP contribution in [0, 0.1) is 0 Å². The van der Waals surface area contributed by atoms with E-state index >= 15 is 0 Å². The Kier molecular flexibility index (Phi) is 3.32. The van der Waals surface area contributed by atoms with Gasteiger partial charge < -0.3 is 5.32 Å². The van der Waals surface area contributed by atoms with E-state index in [0.29, 0.717) is 6.41 Å². The zero-order valence-electron chi connectivity index (χ0n) is 8.60. The number of carbonyl (C=O) groups is 1. The molecule has 0 aromatic heterocycles. The van der Waals surface area contributed by atoms with Crippen molar-refractivity contribution in [2.75, 3.05) is 5.32 Å². The van der Waals surface area contributed by atoms with E-state index in [2.05, 4.69) is 48.1 Å². The van der Waals surface area contributed by atoms with Crippen molar-refractivity contribution in [1.29, 1.82) is 0 Å². The smallest absolute Gasteiger partial charge is 0.211 e. The van der Waals surface area contributed by atoms with Crippen LogP contribution in [0.1, 0.15) is 26.3 Å². The summed E-state index contributed by atoms with van der Waals surface area (Å²) in [6.45, 7) is 6.42. The molecule has 0 radical (unpaired) electrons. The molecular weight excluding hydrogens is 242 g/mol. The molecule has 0 atom stereocenters. The quantitative estimate of drug-likeness (QED) is 0.808. The van der Waals surface area contributed by atoms with Crippen LogP contribution >= 0.6 is 15.9 Å². The maximum absolute atomic E-state index is 10.4. The SMILES string of the molecule is CC(C)(C)c1ccc(Br)c(NC=O)c1. The molecule has 0 saturated heterocycles. The van der Waals surface area contributed by atoms with E-state index in [1.807, 2.05) is 12.1 Å². The number of benzene rings is 1. The minimum Gasteiger partial charge on any atom is -0.328 e. The van der Waals surface area contributed by atoms with E-state index in [-0.39, 0.29) is 5.41 Å². The summed E-state index contributed by atoms with van der Waals surface area (Å²) in [5.41, 5.74) is 2.11. The summed E-state index contributed by atoms with van der Waals surface area (Å²) in [5.74, 6) is 0. The van der Waals surface area contributed by atoms with Crippen LogP contribution in [-0.2, 0) is 10.2 Å². The lowest BCUT2D eigenvalue weighted by molar-refractivity contribution is -0.105. The van der Waals surface area contributed by atoms with E-state index in [4.69, 9.17) is 0 Å². The highest BCUT2D eigenvalue weighted by atomic mass is 79.9. The molecule has 0 bridgehead atoms. The molecule has 0 heterocycles. The maximum Gasteiger partial charge on any atom is 0.211 e. The Hall–Kier alpha value is -0.830. The number of nitrogens with one attached hydrogen (secondary N) is 1. The summed E-state index contributed by atoms with van der Waals surface area (Å²) in [6.07, 6.45) is 0.687. The van der Waals surface area contributed by atoms with E-state index in [9.17, 15) is 4.79 Å². The molecule has 0 aliphatic heterocycles. The molecule has 2 nitrogen and oxygen atoms in total. The van der Waals surface area contributed by atoms with E-state index in [1.54, 1.807) is 0 Å². The number of hydrogen-bond donors (Lipinski definition) is 1. The fraction of sp³-hybridized carbons (Fsp3) is 0.364. The first-order valence-electron chi connectivity index (χ1n) is 4.45. The summed E-state index contributed by atoms with van der Waals surface area (Å²) < 4.78 is 0.901. The number of amides is 1. The number of anilines is 1. The van der Waals surface area contributed by atoms with Gasteiger partial charge in [0, 0.05) is 4.47 Å². The third-order valence-corrected chi connectivity index (χ3v) is 2.74. The largest absolute Gasteiger partial charge is 0.328 e. The zero-order valence-corrected chi connectivity index (χ0v) is 10.2. The Morgan fingerprint density at radius 3 is 2.50 bits per heavy atom. The summed E-state index contributed by atoms with van der Waals surface area (Å²) >= 11 is 3.38. The molecule has 0 fully saturated rings. The topological polar surface area (TPSA) is 29.1 Å². The van der Waals surface area contributed by atoms with Gasteiger partial charge >= 0.3 is 0 Å². The zero-order chi connectivity index (χ0) is 10.8. The lowest BCUT2D eigenvalue weighted by Gasteiger charge is -2.20. The van der Waals surface area contributed by atoms with Crippen LogP contribution in [-0.4, -0.2) is 6.41 Å². The predicted molar refractivity (Wildman–Crippen MR) is 62.5 cm³/mol. The van der Waals surface area contributed by atoms with Crippen LogP contribution in [0.25, 0.3) is 0 Å². The second-order valence-corrected chi connectivity index (χ2v) is 5.06. The fourth-order valence-electron chi connectivity index (χ4n) is 1.17. The highest BCUT2D eigenvalue weighted by Crippen LogP contribution is 2.29. The summed E-state index contributed by atoms with van der Waals surface area (Å²) in [4.78, 5) is 10.4. The lowest BCUT2D eigenvalue weighted by atomic mass is 9.87. The Morgan fingerprint density at radius 2 is 2.00 bits per heavy atom. The van der Waals surface area contributed by atoms with Crippen molar-refractivity contribution in [3.8, 4) is 0 Å². The second kappa shape index (κ2) is 4.13. The Balaban J connectivity index is 3.12. The Morgan fingerprint density at radius 1 is 1.36 bits per heavy atom. The molecule has 0 aliphatic carbocycles. The number of halogens is 1. The van der Waals surface area contributed by atoms with Gasteiger partial charge in [-0.05, 0) is 39.0 Å². The number of rotatable bonds is 2. The molecule has 1 aromatic rings. The molecule has 1 N–H and O–H groups in total. The van der Waals surface area contributed by atoms with Gasteiger partial charge in [-0.15, -0.1) is 0 Å². The van der Waals surface area contributed by atoms with Crippen LogP contribution < -0.4 is 5.32 Å². The van der Waals surface area contributed by atoms with Crippen LogP contribution in [0.15, 0.2) is 22.7 Å². The molecule has 0 unspecified atom stereocenters. The highest BCUT2D eigenvalue weighted by Gasteiger charge is 2.14. The molecule has 1 aromatic carbocycles. The number of hydrogen-bond acceptors (Lipinski definition) is 1. The highest BCUT2D eigenvalue weighted by molar-refractivity contribution is 9.10. The van der Waals surface area contributed by atoms with E-state index in [1.165, 1.54) is 5.56 Å². The first-order valence-corrected chi connectivity index (χ1v) is 5.24. The van der Waals surface area contributed by atoms with Gasteiger partial charge in [-0.25, -0.2) is 0 Å². The molecule has 3 heteroatoms. The summed E-state index contributed by atoms with van der Waals surface area (Å²) in [7, 11) is 0. The Bertz CT molecular complexity index is 342. The summed E-state index contributed by atoms with van der Waals surface area (Å²) in [5, 5.41) is 2.66. The van der Waals surface area contributed by atoms with Crippen molar-refractivity contribution < 1.29 is 4.79 Å². The second-order valence-electron chi connectivity index (χ2n) is 4.21. The first kappa shape index (κ1) is 11.2. The van der Waals surface area contributed by atoms with Gasteiger partial charge in [0.25, 0.3) is 0 Å². The van der Waals surface area contributed by atoms with Crippen molar-refractivity contribution in [2.24, 2.45) is 0 Å². The van der Waals surface area contributed by atoms with E-state index in [0.717, 1.165) is 10.2 Å². The van der Waals surface area contributed by atoms with Crippen molar-refractivity contribution >= 4 is 28.0 Å². The monoisotopic (exact) mass is 255 g/mol. The van der Waals surface area contributed by atoms with Crippen molar-refractivity contribution in [2.45, 2.75) is 26.2 Å². The molecule has 0 spiro atoms. The number of carbonyl (C=O) groups excluding carboxylic acids is 1. The Labute approximate surface area is 92.8 Å². The van der Waals surface area contributed by atoms with Crippen molar-refractivity contribution in [3.05, 3.63) is 28.2 Å². The minimum absolute atomic E-state index is 0.0972. The van der Waals surface area contributed by atoms with Gasteiger partial charge in [-0.2, -0.15) is 0 Å². The normalized spacial score (nSPS) is 11.1. The van der Waals surface area contributed by atoms with Gasteiger partial charge in [-0.3, -0.25) is 4.79 Å². The molecule has 0 saturated carbocycles.